The predicted molar refractivity (Wildman–Crippen MR) is 121 cm³/mol. The fourth-order valence-electron chi connectivity index (χ4n) is 4.12. The highest BCUT2D eigenvalue weighted by molar-refractivity contribution is 7.92. The summed E-state index contributed by atoms with van der Waals surface area (Å²) in [6.45, 7) is 0. The van der Waals surface area contributed by atoms with Crippen LogP contribution in [0.5, 0.6) is 5.75 Å². The van der Waals surface area contributed by atoms with Gasteiger partial charge in [-0.25, -0.2) is 18.1 Å². The van der Waals surface area contributed by atoms with Crippen LogP contribution >= 0.6 is 0 Å². The van der Waals surface area contributed by atoms with Crippen molar-refractivity contribution in [2.45, 2.75) is 29.6 Å². The monoisotopic (exact) mass is 463 g/mol. The second-order valence-electron chi connectivity index (χ2n) is 8.03. The Bertz CT molecular complexity index is 1510. The van der Waals surface area contributed by atoms with E-state index in [4.69, 9.17) is 4.74 Å². The van der Waals surface area contributed by atoms with Crippen molar-refractivity contribution >= 4 is 26.6 Å². The van der Waals surface area contributed by atoms with Gasteiger partial charge >= 0.3 is 0 Å². The molecule has 168 valence electrons. The minimum Gasteiger partial charge on any atom is -0.494 e. The van der Waals surface area contributed by atoms with E-state index in [1.54, 1.807) is 36.3 Å². The second kappa shape index (κ2) is 7.60. The molecule has 5 rings (SSSR count). The number of fused-ring (bicyclic) bond motifs is 1. The number of ether oxygens (including phenoxy) is 1. The highest BCUT2D eigenvalue weighted by Crippen LogP contribution is 2.43. The summed E-state index contributed by atoms with van der Waals surface area (Å²) in [5.74, 6) is 0.820. The molecule has 0 aliphatic heterocycles. The highest BCUT2D eigenvalue weighted by atomic mass is 32.2. The molecular formula is C22H21N7O3S. The van der Waals surface area contributed by atoms with Gasteiger partial charge in [0.1, 0.15) is 16.3 Å². The minimum absolute atomic E-state index is 0.0328. The zero-order valence-corrected chi connectivity index (χ0v) is 18.9. The molecule has 0 atom stereocenters. The maximum Gasteiger partial charge on any atom is 0.265 e. The van der Waals surface area contributed by atoms with Crippen LogP contribution < -0.4 is 9.46 Å². The lowest BCUT2D eigenvalue weighted by atomic mass is 9.66. The summed E-state index contributed by atoms with van der Waals surface area (Å²) in [7, 11) is -0.788. The van der Waals surface area contributed by atoms with Crippen LogP contribution in [0.1, 0.15) is 24.8 Å². The lowest BCUT2D eigenvalue weighted by Crippen LogP contribution is -2.32. The molecule has 1 aromatic carbocycles. The van der Waals surface area contributed by atoms with E-state index >= 15 is 0 Å². The summed E-state index contributed by atoms with van der Waals surface area (Å²) >= 11 is 0. The lowest BCUT2D eigenvalue weighted by molar-refractivity contribution is 0.324. The maximum atomic E-state index is 13.2. The molecule has 10 nitrogen and oxygen atoms in total. The third-order valence-electron chi connectivity index (χ3n) is 6.14. The number of rotatable bonds is 6. The SMILES string of the molecule is COc1ccc2cnn(C)c2c1NS(=O)(=O)c1cnn(-c2cc(C3(C#N)CCC3)ccn2)c1. The topological polar surface area (TPSA) is 128 Å². The van der Waals surface area contributed by atoms with Crippen LogP contribution in [-0.4, -0.2) is 40.1 Å². The minimum atomic E-state index is -3.99. The molecule has 0 unspecified atom stereocenters. The fourth-order valence-corrected chi connectivity index (χ4v) is 5.13. The second-order valence-corrected chi connectivity index (χ2v) is 9.71. The number of nitrogens with one attached hydrogen (secondary N) is 1. The van der Waals surface area contributed by atoms with E-state index in [1.807, 2.05) is 12.1 Å². The number of benzene rings is 1. The van der Waals surface area contributed by atoms with Crippen molar-refractivity contribution in [1.82, 2.24) is 24.5 Å². The van der Waals surface area contributed by atoms with Gasteiger partial charge in [0.15, 0.2) is 5.82 Å². The zero-order chi connectivity index (χ0) is 23.2. The van der Waals surface area contributed by atoms with Crippen molar-refractivity contribution in [3.05, 3.63) is 54.6 Å². The van der Waals surface area contributed by atoms with Gasteiger partial charge in [0.25, 0.3) is 10.0 Å². The number of pyridine rings is 1. The molecule has 1 N–H and O–H groups in total. The first-order chi connectivity index (χ1) is 15.9. The third-order valence-corrected chi connectivity index (χ3v) is 7.45. The van der Waals surface area contributed by atoms with Gasteiger partial charge < -0.3 is 4.74 Å². The Kier molecular flexibility index (Phi) is 4.83. The number of anilines is 1. The first-order valence-corrected chi connectivity index (χ1v) is 11.8. The largest absolute Gasteiger partial charge is 0.494 e. The Morgan fingerprint density at radius 2 is 2.03 bits per heavy atom. The van der Waals surface area contributed by atoms with Crippen LogP contribution in [0.2, 0.25) is 0 Å². The number of nitriles is 1. The van der Waals surface area contributed by atoms with Gasteiger partial charge in [-0.2, -0.15) is 15.5 Å². The third kappa shape index (κ3) is 3.39. The zero-order valence-electron chi connectivity index (χ0n) is 18.1. The summed E-state index contributed by atoms with van der Waals surface area (Å²) in [5, 5.41) is 18.8. The molecule has 4 aromatic rings. The number of aryl methyl sites for hydroxylation is 1. The Hall–Kier alpha value is -3.91. The van der Waals surface area contributed by atoms with E-state index in [1.165, 1.54) is 24.2 Å². The van der Waals surface area contributed by atoms with Crippen LogP contribution in [0.15, 0.2) is 53.9 Å². The molecule has 0 amide bonds. The van der Waals surface area contributed by atoms with Gasteiger partial charge in [-0.3, -0.25) is 9.40 Å². The summed E-state index contributed by atoms with van der Waals surface area (Å²) < 4.78 is 37.4. The van der Waals surface area contributed by atoms with Crippen molar-refractivity contribution in [3.8, 4) is 17.6 Å². The van der Waals surface area contributed by atoms with Gasteiger partial charge in [0.2, 0.25) is 0 Å². The van der Waals surface area contributed by atoms with E-state index in [9.17, 15) is 13.7 Å². The van der Waals surface area contributed by atoms with Crippen LogP contribution in [0, 0.1) is 11.3 Å². The Morgan fingerprint density at radius 3 is 2.73 bits per heavy atom. The van der Waals surface area contributed by atoms with Crippen LogP contribution in [0.4, 0.5) is 5.69 Å². The first-order valence-electron chi connectivity index (χ1n) is 10.3. The molecule has 0 bridgehead atoms. The number of nitrogens with zero attached hydrogens (tertiary/aromatic N) is 6. The lowest BCUT2D eigenvalue weighted by Gasteiger charge is -2.35. The summed E-state index contributed by atoms with van der Waals surface area (Å²) in [6, 6.07) is 9.53. The number of aromatic nitrogens is 5. The average molecular weight is 464 g/mol. The quantitative estimate of drug-likeness (QED) is 0.466. The molecular weight excluding hydrogens is 442 g/mol. The smallest absolute Gasteiger partial charge is 0.265 e. The van der Waals surface area contributed by atoms with Crippen molar-refractivity contribution in [3.63, 3.8) is 0 Å². The van der Waals surface area contributed by atoms with E-state index in [0.717, 1.165) is 30.2 Å². The number of hydrogen-bond donors (Lipinski definition) is 1. The van der Waals surface area contributed by atoms with E-state index in [2.05, 4.69) is 26.0 Å². The Morgan fingerprint density at radius 1 is 1.21 bits per heavy atom. The average Bonchev–Trinajstić information content (AvgIpc) is 3.42. The molecule has 1 aliphatic carbocycles. The van der Waals surface area contributed by atoms with E-state index in [0.29, 0.717) is 22.8 Å². The first kappa shape index (κ1) is 21.0. The molecule has 33 heavy (non-hydrogen) atoms. The molecule has 11 heteroatoms. The summed E-state index contributed by atoms with van der Waals surface area (Å²) in [4.78, 5) is 4.28. The normalized spacial score (nSPS) is 15.1. The number of methoxy groups -OCH3 is 1. The molecule has 1 aliphatic rings. The number of sulfonamides is 1. The molecule has 3 aromatic heterocycles. The van der Waals surface area contributed by atoms with Crippen LogP contribution in [-0.2, 0) is 22.5 Å². The van der Waals surface area contributed by atoms with Gasteiger partial charge in [-0.15, -0.1) is 0 Å². The summed E-state index contributed by atoms with van der Waals surface area (Å²) in [5.41, 5.74) is 1.26. The van der Waals surface area contributed by atoms with E-state index < -0.39 is 15.4 Å². The molecule has 3 heterocycles. The van der Waals surface area contributed by atoms with Gasteiger partial charge in [-0.05, 0) is 49.1 Å². The van der Waals surface area contributed by atoms with Gasteiger partial charge in [0, 0.05) is 18.6 Å². The van der Waals surface area contributed by atoms with Gasteiger partial charge in [0.05, 0.1) is 42.7 Å². The van der Waals surface area contributed by atoms with Crippen LogP contribution in [0.3, 0.4) is 0 Å². The fraction of sp³-hybridized carbons (Fsp3) is 0.273. The van der Waals surface area contributed by atoms with Crippen molar-refractivity contribution in [2.24, 2.45) is 7.05 Å². The Labute approximate surface area is 190 Å². The standard InChI is InChI=1S/C22H21N7O3S/c1-28-21-15(11-25-28)4-5-18(32-2)20(21)27-33(30,31)17-12-26-29(13-17)19-10-16(6-9-24-19)22(14-23)7-3-8-22/h4-6,9-13,27H,3,7-8H2,1-2H3. The van der Waals surface area contributed by atoms with Crippen LogP contribution in [0.25, 0.3) is 16.7 Å². The molecule has 1 fully saturated rings. The Balaban J connectivity index is 1.50. The predicted octanol–water partition coefficient (Wildman–Crippen LogP) is 2.91. The van der Waals surface area contributed by atoms with Crippen molar-refractivity contribution in [1.29, 1.82) is 5.26 Å². The molecule has 0 spiro atoms. The summed E-state index contributed by atoms with van der Waals surface area (Å²) in [6.07, 6.45) is 8.53. The van der Waals surface area contributed by atoms with E-state index in [-0.39, 0.29) is 4.90 Å². The molecule has 0 saturated heterocycles. The van der Waals surface area contributed by atoms with Crippen molar-refractivity contribution in [2.75, 3.05) is 11.8 Å². The maximum absolute atomic E-state index is 13.2. The molecule has 0 radical (unpaired) electrons. The molecule has 1 saturated carbocycles. The number of hydrogen-bond acceptors (Lipinski definition) is 7. The van der Waals surface area contributed by atoms with Crippen molar-refractivity contribution < 1.29 is 13.2 Å². The van der Waals surface area contributed by atoms with Gasteiger partial charge in [-0.1, -0.05) is 0 Å². The highest BCUT2D eigenvalue weighted by Gasteiger charge is 2.39.